The zero-order valence-corrected chi connectivity index (χ0v) is 11.5. The van der Waals surface area contributed by atoms with Crippen LogP contribution in [0.5, 0.6) is 0 Å². The molecule has 108 valence electrons. The summed E-state index contributed by atoms with van der Waals surface area (Å²) in [6, 6.07) is 6.46. The maximum atomic E-state index is 11.6. The van der Waals surface area contributed by atoms with Crippen LogP contribution in [0.3, 0.4) is 0 Å². The Morgan fingerprint density at radius 2 is 1.80 bits per heavy atom. The minimum Gasteiger partial charge on any atom is -0.377 e. The summed E-state index contributed by atoms with van der Waals surface area (Å²) in [6.45, 7) is -0.122. The second kappa shape index (κ2) is 8.19. The third-order valence-corrected chi connectivity index (χ3v) is 2.41. The molecule has 0 fully saturated rings. The normalized spacial score (nSPS) is 10.1. The van der Waals surface area contributed by atoms with E-state index in [0.717, 1.165) is 0 Å². The molecule has 0 unspecified atom stereocenters. The van der Waals surface area contributed by atoms with Gasteiger partial charge in [0.2, 0.25) is 5.91 Å². The van der Waals surface area contributed by atoms with Crippen LogP contribution >= 0.6 is 0 Å². The molecule has 0 bridgehead atoms. The van der Waals surface area contributed by atoms with Crippen molar-refractivity contribution in [1.82, 2.24) is 0 Å². The average Bonchev–Trinajstić information content (AvgIpc) is 2.39. The number of carbonyl (C=O) groups excluding carboxylic acids is 3. The molecule has 1 aromatic rings. The first-order valence-corrected chi connectivity index (χ1v) is 5.99. The van der Waals surface area contributed by atoms with Crippen LogP contribution in [0.4, 0.5) is 5.69 Å². The Morgan fingerprint density at radius 3 is 2.45 bits per heavy atom. The molecule has 0 radical (unpaired) electrons. The highest BCUT2D eigenvalue weighted by atomic mass is 16.5. The van der Waals surface area contributed by atoms with Crippen LogP contribution < -0.4 is 5.32 Å². The smallest absolute Gasteiger partial charge is 0.231 e. The lowest BCUT2D eigenvalue weighted by molar-refractivity contribution is -0.127. The summed E-state index contributed by atoms with van der Waals surface area (Å²) in [4.78, 5) is 34.5. The van der Waals surface area contributed by atoms with Crippen molar-refractivity contribution in [2.75, 3.05) is 32.8 Å². The van der Waals surface area contributed by atoms with Crippen LogP contribution in [-0.4, -0.2) is 44.9 Å². The second-order valence-electron chi connectivity index (χ2n) is 4.13. The number of amides is 1. The van der Waals surface area contributed by atoms with E-state index in [1.165, 1.54) is 14.2 Å². The monoisotopic (exact) mass is 279 g/mol. The van der Waals surface area contributed by atoms with Gasteiger partial charge in [0, 0.05) is 25.5 Å². The maximum absolute atomic E-state index is 11.6. The second-order valence-corrected chi connectivity index (χ2v) is 4.13. The van der Waals surface area contributed by atoms with Crippen LogP contribution in [0.2, 0.25) is 0 Å². The van der Waals surface area contributed by atoms with Crippen LogP contribution in [0.25, 0.3) is 0 Å². The Morgan fingerprint density at radius 1 is 1.10 bits per heavy atom. The standard InChI is InChI=1S/C14H17NO5/c1-19-8-12(16)7-14(18)15-11-5-3-4-10(6-11)13(17)9-20-2/h3-6H,7-9H2,1-2H3,(H,15,18). The van der Waals surface area contributed by atoms with E-state index in [0.29, 0.717) is 11.3 Å². The summed E-state index contributed by atoms with van der Waals surface area (Å²) in [5.74, 6) is -0.931. The summed E-state index contributed by atoms with van der Waals surface area (Å²) in [5.41, 5.74) is 0.898. The number of anilines is 1. The molecule has 1 N–H and O–H groups in total. The molecule has 0 aromatic heterocycles. The van der Waals surface area contributed by atoms with Crippen molar-refractivity contribution < 1.29 is 23.9 Å². The Labute approximate surface area is 117 Å². The van der Waals surface area contributed by atoms with E-state index in [4.69, 9.17) is 4.74 Å². The number of hydrogen-bond donors (Lipinski definition) is 1. The highest BCUT2D eigenvalue weighted by molar-refractivity contribution is 6.05. The summed E-state index contributed by atoms with van der Waals surface area (Å²) in [5, 5.41) is 2.56. The van der Waals surface area contributed by atoms with Crippen LogP contribution in [0, 0.1) is 0 Å². The van der Waals surface area contributed by atoms with Gasteiger partial charge in [-0.25, -0.2) is 0 Å². The summed E-state index contributed by atoms with van der Waals surface area (Å²) in [6.07, 6.45) is -0.260. The van der Waals surface area contributed by atoms with E-state index >= 15 is 0 Å². The molecule has 0 saturated carbocycles. The Hall–Kier alpha value is -2.05. The number of benzene rings is 1. The van der Waals surface area contributed by atoms with Gasteiger partial charge in [0.05, 0.1) is 6.42 Å². The third-order valence-electron chi connectivity index (χ3n) is 2.41. The Bertz CT molecular complexity index is 498. The van der Waals surface area contributed by atoms with E-state index in [2.05, 4.69) is 10.1 Å². The van der Waals surface area contributed by atoms with E-state index < -0.39 is 5.91 Å². The molecule has 0 spiro atoms. The number of hydrogen-bond acceptors (Lipinski definition) is 5. The summed E-state index contributed by atoms with van der Waals surface area (Å²) >= 11 is 0. The van der Waals surface area contributed by atoms with Crippen LogP contribution in [0.15, 0.2) is 24.3 Å². The highest BCUT2D eigenvalue weighted by Gasteiger charge is 2.11. The first kappa shape index (κ1) is 16.0. The third kappa shape index (κ3) is 5.29. The molecular weight excluding hydrogens is 262 g/mol. The van der Waals surface area contributed by atoms with Gasteiger partial charge in [0.1, 0.15) is 13.2 Å². The van der Waals surface area contributed by atoms with Gasteiger partial charge in [0.25, 0.3) is 0 Å². The predicted molar refractivity (Wildman–Crippen MR) is 72.8 cm³/mol. The number of carbonyl (C=O) groups is 3. The lowest BCUT2D eigenvalue weighted by atomic mass is 10.1. The summed E-state index contributed by atoms with van der Waals surface area (Å²) in [7, 11) is 2.83. The molecule has 6 heteroatoms. The molecule has 0 aliphatic heterocycles. The zero-order valence-electron chi connectivity index (χ0n) is 11.5. The van der Waals surface area contributed by atoms with Crippen molar-refractivity contribution in [3.63, 3.8) is 0 Å². The molecule has 20 heavy (non-hydrogen) atoms. The van der Waals surface area contributed by atoms with Gasteiger partial charge in [-0.2, -0.15) is 0 Å². The molecule has 0 aliphatic rings. The van der Waals surface area contributed by atoms with E-state index in [1.807, 2.05) is 0 Å². The fourth-order valence-corrected chi connectivity index (χ4v) is 1.58. The Kier molecular flexibility index (Phi) is 6.55. The number of Topliss-reactive ketones (excluding diaryl/α,β-unsaturated/α-hetero) is 2. The number of ether oxygens (including phenoxy) is 2. The molecule has 1 amide bonds. The van der Waals surface area contributed by atoms with Gasteiger partial charge in [-0.05, 0) is 12.1 Å². The molecule has 0 atom stereocenters. The van der Waals surface area contributed by atoms with Crippen molar-refractivity contribution in [1.29, 1.82) is 0 Å². The van der Waals surface area contributed by atoms with Crippen molar-refractivity contribution in [3.05, 3.63) is 29.8 Å². The lowest BCUT2D eigenvalue weighted by Crippen LogP contribution is -2.19. The topological polar surface area (TPSA) is 81.7 Å². The number of ketones is 2. The maximum Gasteiger partial charge on any atom is 0.231 e. The number of methoxy groups -OCH3 is 2. The van der Waals surface area contributed by atoms with E-state index in [9.17, 15) is 14.4 Å². The van der Waals surface area contributed by atoms with Gasteiger partial charge in [-0.1, -0.05) is 12.1 Å². The SMILES string of the molecule is COCC(=O)CC(=O)Nc1cccc(C(=O)COC)c1. The van der Waals surface area contributed by atoms with Gasteiger partial charge in [-0.15, -0.1) is 0 Å². The van der Waals surface area contributed by atoms with E-state index in [1.54, 1.807) is 24.3 Å². The van der Waals surface area contributed by atoms with Crippen molar-refractivity contribution >= 4 is 23.2 Å². The minimum absolute atomic E-state index is 0.0241. The molecule has 0 aliphatic carbocycles. The predicted octanol–water partition coefficient (Wildman–Crippen LogP) is 1.06. The van der Waals surface area contributed by atoms with E-state index in [-0.39, 0.29) is 31.2 Å². The average molecular weight is 279 g/mol. The lowest BCUT2D eigenvalue weighted by Gasteiger charge is -2.06. The van der Waals surface area contributed by atoms with Crippen molar-refractivity contribution in [2.24, 2.45) is 0 Å². The van der Waals surface area contributed by atoms with Gasteiger partial charge >= 0.3 is 0 Å². The number of rotatable bonds is 8. The van der Waals surface area contributed by atoms with Gasteiger partial charge in [-0.3, -0.25) is 14.4 Å². The molecule has 6 nitrogen and oxygen atoms in total. The highest BCUT2D eigenvalue weighted by Crippen LogP contribution is 2.11. The zero-order chi connectivity index (χ0) is 15.0. The molecule has 0 saturated heterocycles. The number of nitrogens with one attached hydrogen (secondary N) is 1. The fraction of sp³-hybridized carbons (Fsp3) is 0.357. The molecular formula is C14H17NO5. The van der Waals surface area contributed by atoms with Gasteiger partial charge in [0.15, 0.2) is 11.6 Å². The summed E-state index contributed by atoms with van der Waals surface area (Å²) < 4.78 is 9.41. The Balaban J connectivity index is 2.64. The molecule has 1 aromatic carbocycles. The fourth-order valence-electron chi connectivity index (χ4n) is 1.58. The quantitative estimate of drug-likeness (QED) is 0.568. The van der Waals surface area contributed by atoms with Crippen molar-refractivity contribution in [2.45, 2.75) is 6.42 Å². The molecule has 0 heterocycles. The van der Waals surface area contributed by atoms with Crippen LogP contribution in [0.1, 0.15) is 16.8 Å². The van der Waals surface area contributed by atoms with Gasteiger partial charge < -0.3 is 14.8 Å². The van der Waals surface area contributed by atoms with Crippen molar-refractivity contribution in [3.8, 4) is 0 Å². The van der Waals surface area contributed by atoms with Crippen LogP contribution in [-0.2, 0) is 19.1 Å². The molecule has 1 rings (SSSR count). The first-order valence-electron chi connectivity index (χ1n) is 5.99. The first-order chi connectivity index (χ1) is 9.56. The largest absolute Gasteiger partial charge is 0.377 e. The minimum atomic E-state index is -0.441.